The van der Waals surface area contributed by atoms with Gasteiger partial charge in [0.25, 0.3) is 0 Å². The minimum Gasteiger partial charge on any atom is -0.497 e. The second-order valence-corrected chi connectivity index (χ2v) is 7.24. The predicted octanol–water partition coefficient (Wildman–Crippen LogP) is 4.91. The minimum absolute atomic E-state index is 0.0853. The van der Waals surface area contributed by atoms with Gasteiger partial charge < -0.3 is 10.1 Å². The molecule has 7 heteroatoms. The number of nitrogens with one attached hydrogen (secondary N) is 1. The summed E-state index contributed by atoms with van der Waals surface area (Å²) >= 11 is 7.58. The number of carbonyl (C=O) groups is 1. The number of halogens is 1. The summed E-state index contributed by atoms with van der Waals surface area (Å²) in [6.45, 7) is 0. The summed E-state index contributed by atoms with van der Waals surface area (Å²) in [6.07, 6.45) is 2.20. The molecule has 0 aliphatic rings. The summed E-state index contributed by atoms with van der Waals surface area (Å²) in [7, 11) is 1.61. The largest absolute Gasteiger partial charge is 0.497 e. The van der Waals surface area contributed by atoms with Gasteiger partial charge in [-0.15, -0.1) is 11.3 Å². The smallest absolute Gasteiger partial charge is 0.230 e. The van der Waals surface area contributed by atoms with Crippen molar-refractivity contribution in [1.29, 1.82) is 0 Å². The number of methoxy groups -OCH3 is 1. The van der Waals surface area contributed by atoms with Gasteiger partial charge in [0, 0.05) is 33.5 Å². The number of imidazole rings is 1. The predicted molar refractivity (Wildman–Crippen MR) is 109 cm³/mol. The third-order valence-corrected chi connectivity index (χ3v) is 5.24. The lowest BCUT2D eigenvalue weighted by Crippen LogP contribution is -2.15. The van der Waals surface area contributed by atoms with Gasteiger partial charge in [0.05, 0.1) is 19.2 Å². The van der Waals surface area contributed by atoms with Gasteiger partial charge in [0.2, 0.25) is 5.91 Å². The quantitative estimate of drug-likeness (QED) is 0.520. The number of aromatic nitrogens is 2. The van der Waals surface area contributed by atoms with Crippen LogP contribution in [0.15, 0.2) is 60.1 Å². The summed E-state index contributed by atoms with van der Waals surface area (Å²) in [5.41, 5.74) is 3.41. The number of ether oxygens (including phenoxy) is 1. The fourth-order valence-corrected chi connectivity index (χ4v) is 3.85. The van der Waals surface area contributed by atoms with E-state index >= 15 is 0 Å². The van der Waals surface area contributed by atoms with Crippen molar-refractivity contribution >= 4 is 39.5 Å². The standard InChI is InChI=1S/C20H16ClN3O2S/c1-26-17-7-5-15(6-8-17)22-19(25)10-16-12-27-20-23-18(11-24(16)20)13-3-2-4-14(21)9-13/h2-9,11-12H,10H2,1H3,(H,22,25). The molecule has 0 unspecified atom stereocenters. The van der Waals surface area contributed by atoms with Crippen molar-refractivity contribution in [3.63, 3.8) is 0 Å². The molecule has 2 heterocycles. The topological polar surface area (TPSA) is 55.6 Å². The summed E-state index contributed by atoms with van der Waals surface area (Å²) in [5, 5.41) is 5.53. The summed E-state index contributed by atoms with van der Waals surface area (Å²) in [4.78, 5) is 17.9. The average molecular weight is 398 g/mol. The number of hydrogen-bond acceptors (Lipinski definition) is 4. The molecule has 0 saturated carbocycles. The Morgan fingerprint density at radius 3 is 2.81 bits per heavy atom. The third-order valence-electron chi connectivity index (χ3n) is 4.12. The molecule has 136 valence electrons. The summed E-state index contributed by atoms with van der Waals surface area (Å²) in [5.74, 6) is 0.664. The van der Waals surface area contributed by atoms with Crippen LogP contribution >= 0.6 is 22.9 Å². The first-order chi connectivity index (χ1) is 13.1. The zero-order valence-electron chi connectivity index (χ0n) is 14.5. The monoisotopic (exact) mass is 397 g/mol. The van der Waals surface area contributed by atoms with E-state index < -0.39 is 0 Å². The van der Waals surface area contributed by atoms with Crippen LogP contribution in [-0.4, -0.2) is 22.4 Å². The van der Waals surface area contributed by atoms with Crippen LogP contribution in [0.1, 0.15) is 5.69 Å². The van der Waals surface area contributed by atoms with Crippen LogP contribution in [-0.2, 0) is 11.2 Å². The van der Waals surface area contributed by atoms with Gasteiger partial charge in [-0.05, 0) is 36.4 Å². The lowest BCUT2D eigenvalue weighted by molar-refractivity contribution is -0.115. The molecule has 0 fully saturated rings. The number of nitrogens with zero attached hydrogens (tertiary/aromatic N) is 2. The molecule has 1 N–H and O–H groups in total. The van der Waals surface area contributed by atoms with E-state index in [1.165, 1.54) is 11.3 Å². The third kappa shape index (κ3) is 3.82. The summed E-state index contributed by atoms with van der Waals surface area (Å²) < 4.78 is 7.08. The van der Waals surface area contributed by atoms with Crippen LogP contribution in [0, 0.1) is 0 Å². The molecule has 0 spiro atoms. The average Bonchev–Trinajstić information content (AvgIpc) is 3.24. The van der Waals surface area contributed by atoms with Crippen molar-refractivity contribution < 1.29 is 9.53 Å². The molecule has 0 aliphatic heterocycles. The van der Waals surface area contributed by atoms with Crippen molar-refractivity contribution in [3.8, 4) is 17.0 Å². The molecule has 0 bridgehead atoms. The maximum Gasteiger partial charge on any atom is 0.230 e. The van der Waals surface area contributed by atoms with Gasteiger partial charge in [-0.1, -0.05) is 23.7 Å². The Hall–Kier alpha value is -2.83. The second-order valence-electron chi connectivity index (χ2n) is 5.97. The molecule has 0 aliphatic carbocycles. The fourth-order valence-electron chi connectivity index (χ4n) is 2.79. The highest BCUT2D eigenvalue weighted by Gasteiger charge is 2.13. The fraction of sp³-hybridized carbons (Fsp3) is 0.100. The number of amides is 1. The Morgan fingerprint density at radius 2 is 2.07 bits per heavy atom. The Balaban J connectivity index is 1.52. The number of rotatable bonds is 5. The highest BCUT2D eigenvalue weighted by molar-refractivity contribution is 7.15. The van der Waals surface area contributed by atoms with E-state index in [0.29, 0.717) is 5.02 Å². The van der Waals surface area contributed by atoms with Crippen molar-refractivity contribution in [2.45, 2.75) is 6.42 Å². The van der Waals surface area contributed by atoms with E-state index in [-0.39, 0.29) is 12.3 Å². The Morgan fingerprint density at radius 1 is 1.26 bits per heavy atom. The van der Waals surface area contributed by atoms with Crippen molar-refractivity contribution in [2.75, 3.05) is 12.4 Å². The zero-order valence-corrected chi connectivity index (χ0v) is 16.1. The minimum atomic E-state index is -0.0853. The number of benzene rings is 2. The molecule has 0 atom stereocenters. The van der Waals surface area contributed by atoms with Gasteiger partial charge >= 0.3 is 0 Å². The first-order valence-electron chi connectivity index (χ1n) is 8.28. The lowest BCUT2D eigenvalue weighted by atomic mass is 10.2. The van der Waals surface area contributed by atoms with Crippen LogP contribution in [0.2, 0.25) is 5.02 Å². The molecule has 2 aromatic heterocycles. The normalized spacial score (nSPS) is 10.9. The van der Waals surface area contributed by atoms with E-state index in [9.17, 15) is 4.79 Å². The second kappa shape index (κ2) is 7.42. The molecular formula is C20H16ClN3O2S. The number of fused-ring (bicyclic) bond motifs is 1. The van der Waals surface area contributed by atoms with E-state index in [1.54, 1.807) is 7.11 Å². The zero-order chi connectivity index (χ0) is 18.8. The Kier molecular flexibility index (Phi) is 4.83. The van der Waals surface area contributed by atoms with E-state index in [2.05, 4.69) is 10.3 Å². The van der Waals surface area contributed by atoms with Crippen molar-refractivity contribution in [1.82, 2.24) is 9.38 Å². The van der Waals surface area contributed by atoms with Crippen LogP contribution in [0.5, 0.6) is 5.75 Å². The first-order valence-corrected chi connectivity index (χ1v) is 9.53. The van der Waals surface area contributed by atoms with Crippen molar-refractivity contribution in [2.24, 2.45) is 0 Å². The first kappa shape index (κ1) is 17.6. The molecule has 4 aromatic rings. The number of carbonyl (C=O) groups excluding carboxylic acids is 1. The maximum absolute atomic E-state index is 12.4. The van der Waals surface area contributed by atoms with Crippen LogP contribution < -0.4 is 10.1 Å². The SMILES string of the molecule is COc1ccc(NC(=O)Cc2csc3nc(-c4cccc(Cl)c4)cn23)cc1. The van der Waals surface area contributed by atoms with Crippen LogP contribution in [0.25, 0.3) is 16.2 Å². The van der Waals surface area contributed by atoms with E-state index in [1.807, 2.05) is 64.5 Å². The highest BCUT2D eigenvalue weighted by atomic mass is 35.5. The number of thiazole rings is 1. The summed E-state index contributed by atoms with van der Waals surface area (Å²) in [6, 6.07) is 14.8. The van der Waals surface area contributed by atoms with Crippen molar-refractivity contribution in [3.05, 3.63) is 70.8 Å². The molecule has 2 aromatic carbocycles. The number of anilines is 1. The molecular weight excluding hydrogens is 382 g/mol. The highest BCUT2D eigenvalue weighted by Crippen LogP contribution is 2.26. The lowest BCUT2D eigenvalue weighted by Gasteiger charge is -2.06. The van der Waals surface area contributed by atoms with Gasteiger partial charge in [-0.3, -0.25) is 9.20 Å². The van der Waals surface area contributed by atoms with Gasteiger partial charge in [-0.25, -0.2) is 4.98 Å². The van der Waals surface area contributed by atoms with Gasteiger partial charge in [0.1, 0.15) is 5.75 Å². The van der Waals surface area contributed by atoms with E-state index in [0.717, 1.165) is 33.3 Å². The van der Waals surface area contributed by atoms with Crippen LogP contribution in [0.4, 0.5) is 5.69 Å². The molecule has 4 rings (SSSR count). The molecule has 0 saturated heterocycles. The molecule has 0 radical (unpaired) electrons. The van der Waals surface area contributed by atoms with E-state index in [4.69, 9.17) is 16.3 Å². The molecule has 5 nitrogen and oxygen atoms in total. The number of hydrogen-bond donors (Lipinski definition) is 1. The van der Waals surface area contributed by atoms with Gasteiger partial charge in [0.15, 0.2) is 4.96 Å². The Labute approximate surface area is 165 Å². The van der Waals surface area contributed by atoms with Gasteiger partial charge in [-0.2, -0.15) is 0 Å². The maximum atomic E-state index is 12.4. The van der Waals surface area contributed by atoms with Crippen LogP contribution in [0.3, 0.4) is 0 Å². The molecule has 1 amide bonds. The Bertz CT molecular complexity index is 1100. The molecule has 27 heavy (non-hydrogen) atoms.